The van der Waals surface area contributed by atoms with Crippen molar-refractivity contribution in [3.05, 3.63) is 107 Å². The smallest absolute Gasteiger partial charge is 0.277 e. The Labute approximate surface area is 238 Å². The number of nitrogens with one attached hydrogen (secondary N) is 2. The molecule has 9 nitrogen and oxygen atoms in total. The molecule has 2 heterocycles. The standard InChI is InChI=1S/C32H32N4O5/c1-32(2,3)21-9-11-22(12-10-21)36(31(39)24-16-33-17-34-24)29(20-8-13-26-27(15-20)41-18-40-26)30(38)35-28-23-7-5-4-6-19(23)14-25(28)37/h4-13,15-17,25,28-29,37H,14,18H2,1-3H3,(H,33,34)(H,35,38)/t25-,28+,29?/m0/s1. The van der Waals surface area contributed by atoms with Crippen LogP contribution in [0.5, 0.6) is 11.5 Å². The molecule has 3 aromatic carbocycles. The van der Waals surface area contributed by atoms with Gasteiger partial charge in [0.25, 0.3) is 5.91 Å². The Morgan fingerprint density at radius 2 is 1.80 bits per heavy atom. The van der Waals surface area contributed by atoms with Gasteiger partial charge >= 0.3 is 0 Å². The van der Waals surface area contributed by atoms with Crippen molar-refractivity contribution in [2.45, 2.75) is 50.8 Å². The summed E-state index contributed by atoms with van der Waals surface area (Å²) in [5.74, 6) is 0.172. The van der Waals surface area contributed by atoms with E-state index in [1.165, 1.54) is 17.4 Å². The zero-order chi connectivity index (χ0) is 28.7. The van der Waals surface area contributed by atoms with E-state index in [4.69, 9.17) is 9.47 Å². The number of nitrogens with zero attached hydrogens (tertiary/aromatic N) is 2. The molecule has 4 aromatic rings. The fraction of sp³-hybridized carbons (Fsp3) is 0.281. The van der Waals surface area contributed by atoms with Gasteiger partial charge in [0.05, 0.1) is 24.7 Å². The summed E-state index contributed by atoms with van der Waals surface area (Å²) in [6, 6.07) is 18.8. The molecule has 1 aromatic heterocycles. The zero-order valence-corrected chi connectivity index (χ0v) is 23.1. The van der Waals surface area contributed by atoms with Crippen molar-refractivity contribution in [3.8, 4) is 11.5 Å². The SMILES string of the molecule is CC(C)(C)c1ccc(N(C(=O)c2cnc[nH]2)C(C(=O)N[C@@H]2c3ccccc3C[C@@H]2O)c2ccc3c(c2)OCO3)cc1. The molecule has 6 rings (SSSR count). The molecule has 2 aliphatic rings. The predicted octanol–water partition coefficient (Wildman–Crippen LogP) is 4.60. The molecule has 1 aliphatic heterocycles. The van der Waals surface area contributed by atoms with Gasteiger partial charge in [0.2, 0.25) is 12.7 Å². The largest absolute Gasteiger partial charge is 0.454 e. The third-order valence-corrected chi connectivity index (χ3v) is 7.68. The lowest BCUT2D eigenvalue weighted by atomic mass is 9.87. The Bertz CT molecular complexity index is 1580. The first-order valence-corrected chi connectivity index (χ1v) is 13.6. The average molecular weight is 553 g/mol. The Hall–Kier alpha value is -4.63. The number of rotatable bonds is 6. The summed E-state index contributed by atoms with van der Waals surface area (Å²) in [6.07, 6.45) is 2.50. The van der Waals surface area contributed by atoms with Gasteiger partial charge < -0.3 is 24.9 Å². The minimum atomic E-state index is -1.11. The average Bonchev–Trinajstić information content (AvgIpc) is 3.72. The second-order valence-corrected chi connectivity index (χ2v) is 11.4. The van der Waals surface area contributed by atoms with E-state index >= 15 is 0 Å². The van der Waals surface area contributed by atoms with Gasteiger partial charge in [-0.05, 0) is 51.9 Å². The fourth-order valence-corrected chi connectivity index (χ4v) is 5.49. The first-order chi connectivity index (χ1) is 19.7. The van der Waals surface area contributed by atoms with E-state index in [1.807, 2.05) is 48.5 Å². The minimum absolute atomic E-state index is 0.0752. The monoisotopic (exact) mass is 552 g/mol. The maximum atomic E-state index is 14.4. The second-order valence-electron chi connectivity index (χ2n) is 11.4. The van der Waals surface area contributed by atoms with Crippen LogP contribution in [0.2, 0.25) is 0 Å². The van der Waals surface area contributed by atoms with Crippen molar-refractivity contribution >= 4 is 17.5 Å². The first kappa shape index (κ1) is 26.6. The molecule has 0 spiro atoms. The van der Waals surface area contributed by atoms with Crippen molar-refractivity contribution in [1.29, 1.82) is 0 Å². The lowest BCUT2D eigenvalue weighted by Crippen LogP contribution is -2.46. The van der Waals surface area contributed by atoms with Gasteiger partial charge in [0.15, 0.2) is 11.5 Å². The summed E-state index contributed by atoms with van der Waals surface area (Å²) in [5, 5.41) is 14.0. The number of benzene rings is 3. The minimum Gasteiger partial charge on any atom is -0.454 e. The summed E-state index contributed by atoms with van der Waals surface area (Å²) >= 11 is 0. The zero-order valence-electron chi connectivity index (χ0n) is 23.1. The summed E-state index contributed by atoms with van der Waals surface area (Å²) in [4.78, 5) is 36.8. The molecule has 1 aliphatic carbocycles. The molecule has 0 saturated carbocycles. The first-order valence-electron chi connectivity index (χ1n) is 13.6. The third-order valence-electron chi connectivity index (χ3n) is 7.68. The summed E-state index contributed by atoms with van der Waals surface area (Å²) in [6.45, 7) is 6.42. The number of imidazole rings is 1. The number of ether oxygens (including phenoxy) is 2. The molecule has 3 N–H and O–H groups in total. The van der Waals surface area contributed by atoms with E-state index in [9.17, 15) is 14.7 Å². The Morgan fingerprint density at radius 3 is 2.54 bits per heavy atom. The van der Waals surface area contributed by atoms with E-state index in [0.717, 1.165) is 16.7 Å². The van der Waals surface area contributed by atoms with Gasteiger partial charge in [-0.1, -0.05) is 63.2 Å². The quantitative estimate of drug-likeness (QED) is 0.322. The molecule has 2 amide bonds. The van der Waals surface area contributed by atoms with Crippen LogP contribution in [0, 0.1) is 0 Å². The van der Waals surface area contributed by atoms with Crippen molar-refractivity contribution in [2.75, 3.05) is 11.7 Å². The van der Waals surface area contributed by atoms with Gasteiger partial charge in [-0.2, -0.15) is 0 Å². The Morgan fingerprint density at radius 1 is 1.05 bits per heavy atom. The topological polar surface area (TPSA) is 117 Å². The van der Waals surface area contributed by atoms with Crippen LogP contribution < -0.4 is 19.7 Å². The lowest BCUT2D eigenvalue weighted by Gasteiger charge is -2.33. The highest BCUT2D eigenvalue weighted by atomic mass is 16.7. The fourth-order valence-electron chi connectivity index (χ4n) is 5.49. The van der Waals surface area contributed by atoms with Crippen LogP contribution in [0.25, 0.3) is 0 Å². The molecule has 9 heteroatoms. The summed E-state index contributed by atoms with van der Waals surface area (Å²) in [7, 11) is 0. The van der Waals surface area contributed by atoms with Crippen molar-refractivity contribution < 1.29 is 24.2 Å². The maximum Gasteiger partial charge on any atom is 0.277 e. The van der Waals surface area contributed by atoms with E-state index in [-0.39, 0.29) is 17.9 Å². The molecular weight excluding hydrogens is 520 g/mol. The predicted molar refractivity (Wildman–Crippen MR) is 153 cm³/mol. The molecule has 0 bridgehead atoms. The van der Waals surface area contributed by atoms with Crippen molar-refractivity contribution in [2.24, 2.45) is 0 Å². The number of aromatic nitrogens is 2. The number of aliphatic hydroxyl groups is 1. The Balaban J connectivity index is 1.46. The van der Waals surface area contributed by atoms with E-state index < -0.39 is 30.0 Å². The van der Waals surface area contributed by atoms with Crippen molar-refractivity contribution in [3.63, 3.8) is 0 Å². The van der Waals surface area contributed by atoms with Crippen LogP contribution >= 0.6 is 0 Å². The molecule has 210 valence electrons. The third kappa shape index (κ3) is 5.04. The number of carbonyl (C=O) groups is 2. The van der Waals surface area contributed by atoms with Crippen LogP contribution in [0.1, 0.15) is 65.6 Å². The van der Waals surface area contributed by atoms with Gasteiger partial charge in [-0.3, -0.25) is 14.5 Å². The number of hydrogen-bond donors (Lipinski definition) is 3. The van der Waals surface area contributed by atoms with Gasteiger partial charge in [-0.15, -0.1) is 0 Å². The lowest BCUT2D eigenvalue weighted by molar-refractivity contribution is -0.124. The maximum absolute atomic E-state index is 14.4. The summed E-state index contributed by atoms with van der Waals surface area (Å²) < 4.78 is 11.1. The molecule has 0 radical (unpaired) electrons. The van der Waals surface area contributed by atoms with Crippen LogP contribution in [-0.4, -0.2) is 39.8 Å². The molecule has 1 unspecified atom stereocenters. The van der Waals surface area contributed by atoms with Gasteiger partial charge in [0, 0.05) is 12.1 Å². The molecule has 41 heavy (non-hydrogen) atoms. The highest BCUT2D eigenvalue weighted by Gasteiger charge is 2.39. The molecule has 3 atom stereocenters. The number of fused-ring (bicyclic) bond motifs is 2. The number of amides is 2. The highest BCUT2D eigenvalue weighted by Crippen LogP contribution is 2.39. The molecule has 0 saturated heterocycles. The number of H-pyrrole nitrogens is 1. The number of carbonyl (C=O) groups excluding carboxylic acids is 2. The number of aliphatic hydroxyl groups excluding tert-OH is 1. The van der Waals surface area contributed by atoms with Gasteiger partial charge in [0.1, 0.15) is 11.7 Å². The normalized spacial score (nSPS) is 18.0. The van der Waals surface area contributed by atoms with E-state index in [2.05, 4.69) is 36.1 Å². The Kier molecular flexibility index (Phi) is 6.75. The molecular formula is C32H32N4O5. The van der Waals surface area contributed by atoms with Crippen molar-refractivity contribution in [1.82, 2.24) is 15.3 Å². The van der Waals surface area contributed by atoms with E-state index in [1.54, 1.807) is 18.2 Å². The number of aromatic amines is 1. The van der Waals surface area contributed by atoms with Crippen LogP contribution in [0.3, 0.4) is 0 Å². The van der Waals surface area contributed by atoms with Crippen LogP contribution in [0.4, 0.5) is 5.69 Å². The number of anilines is 1. The van der Waals surface area contributed by atoms with Crippen LogP contribution in [-0.2, 0) is 16.6 Å². The van der Waals surface area contributed by atoms with E-state index in [0.29, 0.717) is 29.2 Å². The van der Waals surface area contributed by atoms with Crippen LogP contribution in [0.15, 0.2) is 79.3 Å². The summed E-state index contributed by atoms with van der Waals surface area (Å²) in [5.41, 5.74) is 4.12. The highest BCUT2D eigenvalue weighted by molar-refractivity contribution is 6.09. The molecule has 0 fully saturated rings. The number of hydrogen-bond acceptors (Lipinski definition) is 6. The van der Waals surface area contributed by atoms with Gasteiger partial charge in [-0.25, -0.2) is 4.98 Å². The second kappa shape index (κ2) is 10.4.